The molecular formula is C20H39N5O3. The number of hydrogen-bond acceptors (Lipinski definition) is 7. The number of aliphatic hydroxyl groups is 2. The first kappa shape index (κ1) is 21.9. The minimum atomic E-state index is -0.666. The van der Waals surface area contributed by atoms with E-state index in [1.807, 2.05) is 4.90 Å². The van der Waals surface area contributed by atoms with E-state index in [1.54, 1.807) is 0 Å². The smallest absolute Gasteiger partial charge is 0.236 e. The number of rotatable bonds is 6. The Labute approximate surface area is 169 Å². The molecule has 8 nitrogen and oxygen atoms in total. The first-order valence-corrected chi connectivity index (χ1v) is 10.9. The number of amides is 1. The van der Waals surface area contributed by atoms with Crippen molar-refractivity contribution < 1.29 is 15.0 Å². The molecule has 0 unspecified atom stereocenters. The summed E-state index contributed by atoms with van der Waals surface area (Å²) < 4.78 is 0. The van der Waals surface area contributed by atoms with E-state index in [1.165, 1.54) is 0 Å². The topological polar surface area (TPSA) is 73.7 Å². The van der Waals surface area contributed by atoms with Crippen molar-refractivity contribution in [1.82, 2.24) is 24.5 Å². The predicted molar refractivity (Wildman–Crippen MR) is 109 cm³/mol. The third-order valence-electron chi connectivity index (χ3n) is 6.62. The highest BCUT2D eigenvalue weighted by molar-refractivity contribution is 5.78. The number of nitrogens with zero attached hydrogens (tertiary/aromatic N) is 5. The highest BCUT2D eigenvalue weighted by Gasteiger charge is 2.34. The Bertz CT molecular complexity index is 492. The normalized spacial score (nSPS) is 29.8. The van der Waals surface area contributed by atoms with Gasteiger partial charge < -0.3 is 20.0 Å². The summed E-state index contributed by atoms with van der Waals surface area (Å²) in [5.74, 6) is 0.194. The van der Waals surface area contributed by atoms with Crippen molar-refractivity contribution in [2.45, 2.75) is 24.9 Å². The van der Waals surface area contributed by atoms with Crippen LogP contribution in [0.15, 0.2) is 0 Å². The van der Waals surface area contributed by atoms with Gasteiger partial charge in [-0.15, -0.1) is 0 Å². The second kappa shape index (κ2) is 10.3. The Kier molecular flexibility index (Phi) is 8.08. The molecule has 0 spiro atoms. The van der Waals surface area contributed by atoms with E-state index in [0.717, 1.165) is 84.8 Å². The Balaban J connectivity index is 1.42. The molecule has 0 aromatic rings. The number of hydrogen-bond donors (Lipinski definition) is 2. The molecule has 3 aliphatic rings. The van der Waals surface area contributed by atoms with E-state index >= 15 is 0 Å². The lowest BCUT2D eigenvalue weighted by Crippen LogP contribution is -2.52. The van der Waals surface area contributed by atoms with Crippen molar-refractivity contribution in [1.29, 1.82) is 0 Å². The van der Waals surface area contributed by atoms with Crippen LogP contribution in [-0.4, -0.2) is 145 Å². The molecule has 0 radical (unpaired) electrons. The second-order valence-electron chi connectivity index (χ2n) is 8.88. The summed E-state index contributed by atoms with van der Waals surface area (Å²) in [7, 11) is 2.15. The van der Waals surface area contributed by atoms with Gasteiger partial charge in [-0.05, 0) is 26.3 Å². The van der Waals surface area contributed by atoms with Crippen LogP contribution < -0.4 is 0 Å². The molecule has 3 rings (SSSR count). The van der Waals surface area contributed by atoms with E-state index in [-0.39, 0.29) is 12.5 Å². The van der Waals surface area contributed by atoms with Gasteiger partial charge in [-0.3, -0.25) is 19.5 Å². The molecule has 3 saturated heterocycles. The summed E-state index contributed by atoms with van der Waals surface area (Å²) >= 11 is 0. The quantitative estimate of drug-likeness (QED) is 0.570. The van der Waals surface area contributed by atoms with Crippen molar-refractivity contribution in [3.63, 3.8) is 0 Å². The zero-order valence-corrected chi connectivity index (χ0v) is 17.6. The van der Waals surface area contributed by atoms with Crippen molar-refractivity contribution in [3.8, 4) is 0 Å². The summed E-state index contributed by atoms with van der Waals surface area (Å²) in [5, 5.41) is 20.2. The van der Waals surface area contributed by atoms with Crippen molar-refractivity contribution in [2.24, 2.45) is 0 Å². The number of piperazine rings is 2. The zero-order valence-electron chi connectivity index (χ0n) is 17.6. The number of likely N-dealkylation sites (tertiary alicyclic amines) is 1. The van der Waals surface area contributed by atoms with E-state index < -0.39 is 5.60 Å². The monoisotopic (exact) mass is 397 g/mol. The molecule has 162 valence electrons. The van der Waals surface area contributed by atoms with Gasteiger partial charge in [0.2, 0.25) is 5.91 Å². The largest absolute Gasteiger partial charge is 0.395 e. The van der Waals surface area contributed by atoms with Gasteiger partial charge in [-0.1, -0.05) is 0 Å². The molecule has 0 bridgehead atoms. The van der Waals surface area contributed by atoms with Gasteiger partial charge in [-0.2, -0.15) is 0 Å². The fourth-order valence-corrected chi connectivity index (χ4v) is 4.61. The lowest BCUT2D eigenvalue weighted by atomic mass is 9.94. The molecule has 0 saturated carbocycles. The van der Waals surface area contributed by atoms with Gasteiger partial charge >= 0.3 is 0 Å². The molecular weight excluding hydrogens is 358 g/mol. The summed E-state index contributed by atoms with van der Waals surface area (Å²) in [6.07, 6.45) is 2.33. The molecule has 3 heterocycles. The van der Waals surface area contributed by atoms with Gasteiger partial charge in [0.15, 0.2) is 0 Å². The van der Waals surface area contributed by atoms with Gasteiger partial charge in [0.1, 0.15) is 0 Å². The van der Waals surface area contributed by atoms with E-state index in [2.05, 4.69) is 26.6 Å². The molecule has 1 atom stereocenters. The highest BCUT2D eigenvalue weighted by atomic mass is 16.3. The Morgan fingerprint density at radius 2 is 1.50 bits per heavy atom. The molecule has 0 aliphatic carbocycles. The lowest BCUT2D eigenvalue weighted by Gasteiger charge is -2.38. The Morgan fingerprint density at radius 1 is 0.857 bits per heavy atom. The van der Waals surface area contributed by atoms with Gasteiger partial charge in [0.25, 0.3) is 0 Å². The van der Waals surface area contributed by atoms with Crippen LogP contribution >= 0.6 is 0 Å². The molecule has 3 aliphatic heterocycles. The van der Waals surface area contributed by atoms with Crippen molar-refractivity contribution >= 4 is 5.91 Å². The fraction of sp³-hybridized carbons (Fsp3) is 0.950. The number of carbonyl (C=O) groups is 1. The standard InChI is InChI=1S/C20H39N5O3/c1-21-7-9-24(10-8-21)18-20(28)3-2-5-25(6-4-20)19(27)17-23-13-11-22(12-14-23)15-16-26/h26,28H,2-18H2,1H3/t20-/m1/s1. The minimum absolute atomic E-state index is 0.194. The van der Waals surface area contributed by atoms with E-state index in [4.69, 9.17) is 5.11 Å². The van der Waals surface area contributed by atoms with E-state index in [0.29, 0.717) is 19.5 Å². The van der Waals surface area contributed by atoms with Crippen LogP contribution in [0.3, 0.4) is 0 Å². The average molecular weight is 398 g/mol. The predicted octanol–water partition coefficient (Wildman–Crippen LogP) is -1.41. The van der Waals surface area contributed by atoms with Crippen LogP contribution in [0, 0.1) is 0 Å². The maximum atomic E-state index is 12.8. The van der Waals surface area contributed by atoms with Gasteiger partial charge in [0, 0.05) is 78.5 Å². The van der Waals surface area contributed by atoms with Crippen LogP contribution in [0.5, 0.6) is 0 Å². The first-order chi connectivity index (χ1) is 13.5. The van der Waals surface area contributed by atoms with Crippen LogP contribution in [0.25, 0.3) is 0 Å². The van der Waals surface area contributed by atoms with Crippen LogP contribution in [0.1, 0.15) is 19.3 Å². The van der Waals surface area contributed by atoms with E-state index in [9.17, 15) is 9.90 Å². The van der Waals surface area contributed by atoms with Crippen LogP contribution in [0.4, 0.5) is 0 Å². The SMILES string of the molecule is CN1CCN(C[C@@]2(O)CCCN(C(=O)CN3CCN(CCO)CC3)CC2)CC1. The third-order valence-corrected chi connectivity index (χ3v) is 6.62. The minimum Gasteiger partial charge on any atom is -0.395 e. The van der Waals surface area contributed by atoms with Crippen LogP contribution in [-0.2, 0) is 4.79 Å². The van der Waals surface area contributed by atoms with Crippen LogP contribution in [0.2, 0.25) is 0 Å². The molecule has 1 amide bonds. The molecule has 8 heteroatoms. The number of aliphatic hydroxyl groups excluding tert-OH is 1. The molecule has 28 heavy (non-hydrogen) atoms. The first-order valence-electron chi connectivity index (χ1n) is 10.9. The summed E-state index contributed by atoms with van der Waals surface area (Å²) in [6, 6.07) is 0. The highest BCUT2D eigenvalue weighted by Crippen LogP contribution is 2.24. The van der Waals surface area contributed by atoms with Gasteiger partial charge in [0.05, 0.1) is 18.8 Å². The Hall–Kier alpha value is -0.770. The third kappa shape index (κ3) is 6.37. The summed E-state index contributed by atoms with van der Waals surface area (Å²) in [4.78, 5) is 23.9. The average Bonchev–Trinajstić information content (AvgIpc) is 2.87. The summed E-state index contributed by atoms with van der Waals surface area (Å²) in [5.41, 5.74) is -0.666. The second-order valence-corrected chi connectivity index (χ2v) is 8.88. The molecule has 2 N–H and O–H groups in total. The molecule has 3 fully saturated rings. The fourth-order valence-electron chi connectivity index (χ4n) is 4.61. The van der Waals surface area contributed by atoms with Gasteiger partial charge in [-0.25, -0.2) is 0 Å². The number of β-amino-alcohol motifs (C(OH)–C–C–N with tert-alkyl or cyclic N) is 2. The van der Waals surface area contributed by atoms with Crippen molar-refractivity contribution in [3.05, 3.63) is 0 Å². The Morgan fingerprint density at radius 3 is 2.18 bits per heavy atom. The lowest BCUT2D eigenvalue weighted by molar-refractivity contribution is -0.133. The molecule has 0 aromatic carbocycles. The maximum absolute atomic E-state index is 12.8. The summed E-state index contributed by atoms with van der Waals surface area (Å²) in [6.45, 7) is 11.3. The number of carbonyl (C=O) groups excluding carboxylic acids is 1. The number of likely N-dealkylation sites (N-methyl/N-ethyl adjacent to an activating group) is 1. The van der Waals surface area contributed by atoms with Crippen molar-refractivity contribution in [2.75, 3.05) is 98.7 Å². The zero-order chi connectivity index (χ0) is 20.0. The molecule has 0 aromatic heterocycles. The maximum Gasteiger partial charge on any atom is 0.236 e.